The van der Waals surface area contributed by atoms with E-state index in [0.29, 0.717) is 29.3 Å². The molecule has 1 saturated heterocycles. The van der Waals surface area contributed by atoms with Crippen LogP contribution in [0.25, 0.3) is 0 Å². The van der Waals surface area contributed by atoms with Gasteiger partial charge >= 0.3 is 0 Å². The van der Waals surface area contributed by atoms with Gasteiger partial charge in [-0.05, 0) is 24.7 Å². The summed E-state index contributed by atoms with van der Waals surface area (Å²) in [5, 5.41) is 3.07. The van der Waals surface area contributed by atoms with Crippen molar-refractivity contribution in [3.05, 3.63) is 0 Å². The van der Waals surface area contributed by atoms with E-state index in [-0.39, 0.29) is 24.0 Å². The summed E-state index contributed by atoms with van der Waals surface area (Å²) in [7, 11) is -2.76. The van der Waals surface area contributed by atoms with Gasteiger partial charge in [0.15, 0.2) is 5.96 Å². The Bertz CT molecular complexity index is 354. The lowest BCUT2D eigenvalue weighted by molar-refractivity contribution is 0.458. The summed E-state index contributed by atoms with van der Waals surface area (Å²) in [4.78, 5) is 4.20. The van der Waals surface area contributed by atoms with Crippen molar-refractivity contribution in [2.75, 3.05) is 24.6 Å². The molecule has 0 aromatic heterocycles. The van der Waals surface area contributed by atoms with E-state index < -0.39 is 9.84 Å². The zero-order valence-corrected chi connectivity index (χ0v) is 14.2. The van der Waals surface area contributed by atoms with E-state index >= 15 is 0 Å². The lowest BCUT2D eigenvalue weighted by Crippen LogP contribution is -2.38. The molecule has 5 nitrogen and oxygen atoms in total. The minimum absolute atomic E-state index is 0. The SMILES string of the molecule is CC(C)CN=C(N)NCC1CCS(=O)(=O)CC1.I. The zero-order valence-electron chi connectivity index (χ0n) is 11.1. The summed E-state index contributed by atoms with van der Waals surface area (Å²) in [6.07, 6.45) is 1.46. The molecule has 1 fully saturated rings. The van der Waals surface area contributed by atoms with Crippen LogP contribution in [-0.2, 0) is 9.84 Å². The number of guanidine groups is 1. The summed E-state index contributed by atoms with van der Waals surface area (Å²) in [5.41, 5.74) is 5.71. The first-order valence-corrected chi connectivity index (χ1v) is 7.95. The molecule has 1 aliphatic heterocycles. The highest BCUT2D eigenvalue weighted by Gasteiger charge is 2.23. The van der Waals surface area contributed by atoms with Gasteiger partial charge in [0.25, 0.3) is 0 Å². The predicted molar refractivity (Wildman–Crippen MR) is 86.1 cm³/mol. The maximum absolute atomic E-state index is 11.2. The van der Waals surface area contributed by atoms with Gasteiger partial charge in [-0.2, -0.15) is 0 Å². The second kappa shape index (κ2) is 8.19. The van der Waals surface area contributed by atoms with Crippen LogP contribution in [0.15, 0.2) is 4.99 Å². The fraction of sp³-hybridized carbons (Fsp3) is 0.909. The summed E-state index contributed by atoms with van der Waals surface area (Å²) in [5.74, 6) is 1.97. The van der Waals surface area contributed by atoms with Gasteiger partial charge in [0.05, 0.1) is 11.5 Å². The van der Waals surface area contributed by atoms with Crippen LogP contribution in [0.2, 0.25) is 0 Å². The molecule has 0 bridgehead atoms. The van der Waals surface area contributed by atoms with Crippen molar-refractivity contribution in [2.45, 2.75) is 26.7 Å². The molecule has 0 aromatic carbocycles. The van der Waals surface area contributed by atoms with Gasteiger partial charge in [0, 0.05) is 13.1 Å². The molecule has 0 spiro atoms. The average molecular weight is 389 g/mol. The number of halogens is 1. The van der Waals surface area contributed by atoms with E-state index in [2.05, 4.69) is 24.2 Å². The Kier molecular flexibility index (Phi) is 8.16. The van der Waals surface area contributed by atoms with E-state index in [1.165, 1.54) is 0 Å². The molecule has 0 aliphatic carbocycles. The maximum atomic E-state index is 11.2. The largest absolute Gasteiger partial charge is 0.370 e. The molecular weight excluding hydrogens is 365 g/mol. The van der Waals surface area contributed by atoms with Gasteiger partial charge < -0.3 is 11.1 Å². The van der Waals surface area contributed by atoms with Crippen LogP contribution in [0, 0.1) is 11.8 Å². The number of hydrogen-bond donors (Lipinski definition) is 2. The third-order valence-corrected chi connectivity index (χ3v) is 4.59. The second-order valence-electron chi connectivity index (χ2n) is 5.10. The number of nitrogens with two attached hydrogens (primary N) is 1. The second-order valence-corrected chi connectivity index (χ2v) is 7.40. The molecule has 18 heavy (non-hydrogen) atoms. The number of rotatable bonds is 4. The quantitative estimate of drug-likeness (QED) is 0.427. The molecule has 3 N–H and O–H groups in total. The first-order valence-electron chi connectivity index (χ1n) is 6.13. The van der Waals surface area contributed by atoms with Crippen LogP contribution in [0.1, 0.15) is 26.7 Å². The van der Waals surface area contributed by atoms with Crippen molar-refractivity contribution in [1.82, 2.24) is 5.32 Å². The van der Waals surface area contributed by atoms with Crippen molar-refractivity contribution in [3.8, 4) is 0 Å². The number of hydrogen-bond acceptors (Lipinski definition) is 3. The van der Waals surface area contributed by atoms with Gasteiger partial charge in [-0.25, -0.2) is 8.42 Å². The summed E-state index contributed by atoms with van der Waals surface area (Å²) >= 11 is 0. The molecule has 0 aromatic rings. The van der Waals surface area contributed by atoms with E-state index in [9.17, 15) is 8.42 Å². The highest BCUT2D eigenvalue weighted by Crippen LogP contribution is 2.17. The van der Waals surface area contributed by atoms with Gasteiger partial charge in [0.1, 0.15) is 9.84 Å². The molecule has 0 atom stereocenters. The third-order valence-electron chi connectivity index (χ3n) is 2.87. The topological polar surface area (TPSA) is 84.5 Å². The minimum Gasteiger partial charge on any atom is -0.370 e. The molecular formula is C11H24IN3O2S. The van der Waals surface area contributed by atoms with Crippen molar-refractivity contribution in [1.29, 1.82) is 0 Å². The molecule has 0 unspecified atom stereocenters. The Balaban J connectivity index is 0.00000289. The van der Waals surface area contributed by atoms with Crippen LogP contribution in [0.4, 0.5) is 0 Å². The number of aliphatic imine (C=N–C) groups is 1. The molecule has 0 amide bonds. The van der Waals surface area contributed by atoms with Crippen molar-refractivity contribution < 1.29 is 8.42 Å². The summed E-state index contributed by atoms with van der Waals surface area (Å²) in [6.45, 7) is 5.62. The third kappa shape index (κ3) is 7.40. The van der Waals surface area contributed by atoms with Crippen LogP contribution in [-0.4, -0.2) is 39.0 Å². The zero-order chi connectivity index (χ0) is 12.9. The first-order chi connectivity index (χ1) is 7.89. The van der Waals surface area contributed by atoms with E-state index in [0.717, 1.165) is 25.9 Å². The Morgan fingerprint density at radius 1 is 1.39 bits per heavy atom. The summed E-state index contributed by atoms with van der Waals surface area (Å²) < 4.78 is 22.5. The average Bonchev–Trinajstić information content (AvgIpc) is 2.25. The molecule has 7 heteroatoms. The fourth-order valence-electron chi connectivity index (χ4n) is 1.73. The smallest absolute Gasteiger partial charge is 0.188 e. The van der Waals surface area contributed by atoms with E-state index in [1.54, 1.807) is 0 Å². The van der Waals surface area contributed by atoms with Gasteiger partial charge in [0.2, 0.25) is 0 Å². The molecule has 1 rings (SSSR count). The van der Waals surface area contributed by atoms with Crippen LogP contribution in [0.3, 0.4) is 0 Å². The van der Waals surface area contributed by atoms with Crippen molar-refractivity contribution >= 4 is 39.8 Å². The fourth-order valence-corrected chi connectivity index (χ4v) is 3.32. The van der Waals surface area contributed by atoms with E-state index in [4.69, 9.17) is 5.73 Å². The minimum atomic E-state index is -2.76. The number of nitrogens with one attached hydrogen (secondary N) is 1. The molecule has 1 heterocycles. The Hall–Kier alpha value is -0.0500. The molecule has 0 saturated carbocycles. The highest BCUT2D eigenvalue weighted by molar-refractivity contribution is 14.0. The van der Waals surface area contributed by atoms with Gasteiger partial charge in [-0.1, -0.05) is 13.8 Å². The standard InChI is InChI=1S/C11H23N3O2S.HI/c1-9(2)7-13-11(12)14-8-10-3-5-17(15,16)6-4-10;/h9-10H,3-8H2,1-2H3,(H3,12,13,14);1H. The Morgan fingerprint density at radius 2 is 1.94 bits per heavy atom. The number of sulfone groups is 1. The monoisotopic (exact) mass is 389 g/mol. The Morgan fingerprint density at radius 3 is 2.44 bits per heavy atom. The lowest BCUT2D eigenvalue weighted by Gasteiger charge is -2.22. The van der Waals surface area contributed by atoms with Crippen LogP contribution >= 0.6 is 24.0 Å². The summed E-state index contributed by atoms with van der Waals surface area (Å²) in [6, 6.07) is 0. The molecule has 0 radical (unpaired) electrons. The van der Waals surface area contributed by atoms with Gasteiger partial charge in [-0.15, -0.1) is 24.0 Å². The van der Waals surface area contributed by atoms with Crippen LogP contribution < -0.4 is 11.1 Å². The van der Waals surface area contributed by atoms with E-state index in [1.807, 2.05) is 0 Å². The lowest BCUT2D eigenvalue weighted by atomic mass is 10.0. The van der Waals surface area contributed by atoms with Crippen molar-refractivity contribution in [3.63, 3.8) is 0 Å². The van der Waals surface area contributed by atoms with Crippen LogP contribution in [0.5, 0.6) is 0 Å². The molecule has 108 valence electrons. The normalized spacial score (nSPS) is 20.5. The predicted octanol–water partition coefficient (Wildman–Crippen LogP) is 0.989. The maximum Gasteiger partial charge on any atom is 0.188 e. The Labute approximate surface area is 127 Å². The first kappa shape index (κ1) is 17.9. The highest BCUT2D eigenvalue weighted by atomic mass is 127. The van der Waals surface area contributed by atoms with Crippen molar-refractivity contribution in [2.24, 2.45) is 22.6 Å². The van der Waals surface area contributed by atoms with Gasteiger partial charge in [-0.3, -0.25) is 4.99 Å². The molecule has 1 aliphatic rings. The number of nitrogens with zero attached hydrogens (tertiary/aromatic N) is 1.